The number of thioether (sulfide) groups is 1. The Morgan fingerprint density at radius 1 is 1.03 bits per heavy atom. The lowest BCUT2D eigenvalue weighted by atomic mass is 10.1. The van der Waals surface area contributed by atoms with Crippen LogP contribution < -0.4 is 9.47 Å². The van der Waals surface area contributed by atoms with E-state index in [0.29, 0.717) is 6.10 Å². The summed E-state index contributed by atoms with van der Waals surface area (Å²) in [5.74, 6) is 2.70. The van der Waals surface area contributed by atoms with Gasteiger partial charge < -0.3 is 14.2 Å². The molecule has 1 atom stereocenters. The van der Waals surface area contributed by atoms with Crippen LogP contribution in [0, 0.1) is 0 Å². The summed E-state index contributed by atoms with van der Waals surface area (Å²) in [5, 5.41) is 2.18. The molecule has 1 saturated heterocycles. The fraction of sp³-hybridized carbons (Fsp3) is 0.385. The topological polar surface area (TPSA) is 31.0 Å². The fourth-order valence-corrected chi connectivity index (χ4v) is 3.90. The molecule has 160 valence electrons. The molecular weight excluding hydrogens is 392 g/mol. The van der Waals surface area contributed by atoms with Crippen LogP contribution in [0.25, 0.3) is 0 Å². The number of benzene rings is 2. The molecule has 3 nitrogen and oxygen atoms in total. The third-order valence-corrected chi connectivity index (χ3v) is 5.99. The largest absolute Gasteiger partial charge is 0.497 e. The van der Waals surface area contributed by atoms with E-state index in [9.17, 15) is 0 Å². The van der Waals surface area contributed by atoms with Crippen molar-refractivity contribution in [1.29, 1.82) is 0 Å². The molecule has 1 fully saturated rings. The van der Waals surface area contributed by atoms with Gasteiger partial charge >= 0.3 is 0 Å². The Kier molecular flexibility index (Phi) is 8.47. The van der Waals surface area contributed by atoms with Gasteiger partial charge in [0.05, 0.1) is 18.8 Å². The van der Waals surface area contributed by atoms with E-state index in [4.69, 9.17) is 14.2 Å². The number of unbranched alkanes of at least 4 members (excludes halogenated alkanes) is 2. The lowest BCUT2D eigenvalue weighted by Crippen LogP contribution is -2.05. The van der Waals surface area contributed by atoms with Crippen molar-refractivity contribution in [3.05, 3.63) is 77.9 Å². The minimum absolute atomic E-state index is 0.0203. The number of ether oxygens (including phenoxy) is 3. The lowest BCUT2D eigenvalue weighted by Gasteiger charge is -2.11. The van der Waals surface area contributed by atoms with Gasteiger partial charge in [-0.1, -0.05) is 36.0 Å². The Labute approximate surface area is 185 Å². The van der Waals surface area contributed by atoms with Crippen LogP contribution in [0.2, 0.25) is 0 Å². The Bertz CT molecular complexity index is 825. The molecule has 0 N–H and O–H groups in total. The van der Waals surface area contributed by atoms with Gasteiger partial charge in [-0.05, 0) is 87.4 Å². The lowest BCUT2D eigenvalue weighted by molar-refractivity contribution is 0.314. The summed E-state index contributed by atoms with van der Waals surface area (Å²) in [6.07, 6.45) is 9.85. The molecule has 4 heteroatoms. The molecule has 0 bridgehead atoms. The molecule has 3 rings (SSSR count). The standard InChI is InChI=1S/C26H32O3S/c1-26(2)25(29-26)19-18-22(28-23-16-14-21(27-3)15-17-23)11-7-4-5-10-20-30-24-12-8-6-9-13-24/h6,8-17,20,25H,4-5,7,18-19H2,1-3H3/b20-10?,22-11-/t25-/m0/s1. The zero-order chi connectivity index (χ0) is 21.2. The predicted octanol–water partition coefficient (Wildman–Crippen LogP) is 7.39. The number of allylic oxidation sites excluding steroid dienone is 3. The van der Waals surface area contributed by atoms with Crippen molar-refractivity contribution in [1.82, 2.24) is 0 Å². The quantitative estimate of drug-likeness (QED) is 0.154. The molecule has 0 saturated carbocycles. The van der Waals surface area contributed by atoms with Gasteiger partial charge in [-0.2, -0.15) is 0 Å². The molecule has 2 aromatic carbocycles. The highest BCUT2D eigenvalue weighted by molar-refractivity contribution is 8.02. The van der Waals surface area contributed by atoms with E-state index in [1.807, 2.05) is 30.3 Å². The first kappa shape index (κ1) is 22.5. The highest BCUT2D eigenvalue weighted by Crippen LogP contribution is 2.39. The number of methoxy groups -OCH3 is 1. The van der Waals surface area contributed by atoms with Gasteiger partial charge in [0.2, 0.25) is 0 Å². The minimum atomic E-state index is 0.0203. The predicted molar refractivity (Wildman–Crippen MR) is 125 cm³/mol. The van der Waals surface area contributed by atoms with Crippen LogP contribution in [0.4, 0.5) is 0 Å². The first-order valence-electron chi connectivity index (χ1n) is 10.6. The second-order valence-electron chi connectivity index (χ2n) is 7.93. The van der Waals surface area contributed by atoms with Crippen molar-refractivity contribution < 1.29 is 14.2 Å². The summed E-state index contributed by atoms with van der Waals surface area (Å²) in [6, 6.07) is 18.2. The molecule has 2 aromatic rings. The minimum Gasteiger partial charge on any atom is -0.497 e. The second-order valence-corrected chi connectivity index (χ2v) is 8.91. The summed E-state index contributed by atoms with van der Waals surface area (Å²) in [6.45, 7) is 4.29. The van der Waals surface area contributed by atoms with Crippen LogP contribution in [-0.2, 0) is 4.74 Å². The third kappa shape index (κ3) is 7.58. The summed E-state index contributed by atoms with van der Waals surface area (Å²) in [4.78, 5) is 1.27. The van der Waals surface area contributed by atoms with E-state index in [1.165, 1.54) is 4.90 Å². The van der Waals surface area contributed by atoms with Crippen molar-refractivity contribution in [3.8, 4) is 11.5 Å². The van der Waals surface area contributed by atoms with Crippen LogP contribution >= 0.6 is 11.8 Å². The van der Waals surface area contributed by atoms with Gasteiger partial charge in [-0.3, -0.25) is 0 Å². The van der Waals surface area contributed by atoms with Crippen LogP contribution in [0.5, 0.6) is 11.5 Å². The monoisotopic (exact) mass is 424 g/mol. The average molecular weight is 425 g/mol. The number of epoxide rings is 1. The molecule has 1 aliphatic heterocycles. The van der Waals surface area contributed by atoms with Crippen molar-refractivity contribution in [3.63, 3.8) is 0 Å². The van der Waals surface area contributed by atoms with E-state index < -0.39 is 0 Å². The molecule has 30 heavy (non-hydrogen) atoms. The highest BCUT2D eigenvalue weighted by atomic mass is 32.2. The van der Waals surface area contributed by atoms with Gasteiger partial charge in [0, 0.05) is 11.3 Å². The Morgan fingerprint density at radius 3 is 2.40 bits per heavy atom. The van der Waals surface area contributed by atoms with E-state index in [-0.39, 0.29) is 5.60 Å². The molecule has 0 aromatic heterocycles. The Hall–Kier alpha value is -2.17. The zero-order valence-electron chi connectivity index (χ0n) is 18.2. The van der Waals surface area contributed by atoms with Crippen LogP contribution in [0.15, 0.2) is 82.8 Å². The van der Waals surface area contributed by atoms with Gasteiger partial charge in [-0.25, -0.2) is 0 Å². The van der Waals surface area contributed by atoms with E-state index in [1.54, 1.807) is 18.9 Å². The molecule has 0 radical (unpaired) electrons. The van der Waals surface area contributed by atoms with Gasteiger partial charge in [0.1, 0.15) is 17.3 Å². The van der Waals surface area contributed by atoms with Gasteiger partial charge in [0.15, 0.2) is 0 Å². The van der Waals surface area contributed by atoms with E-state index >= 15 is 0 Å². The maximum absolute atomic E-state index is 6.17. The van der Waals surface area contributed by atoms with E-state index in [2.05, 4.69) is 55.7 Å². The first-order valence-corrected chi connectivity index (χ1v) is 11.5. The maximum Gasteiger partial charge on any atom is 0.127 e. The molecule has 0 spiro atoms. The molecule has 1 heterocycles. The van der Waals surface area contributed by atoms with Crippen molar-refractivity contribution in [2.24, 2.45) is 0 Å². The number of hydrogen-bond acceptors (Lipinski definition) is 4. The van der Waals surface area contributed by atoms with E-state index in [0.717, 1.165) is 49.4 Å². The molecule has 0 amide bonds. The van der Waals surface area contributed by atoms with Crippen LogP contribution in [0.1, 0.15) is 46.0 Å². The van der Waals surface area contributed by atoms with Crippen LogP contribution in [0.3, 0.4) is 0 Å². The second kappa shape index (κ2) is 11.3. The Balaban J connectivity index is 1.46. The third-order valence-electron chi connectivity index (χ3n) is 5.12. The van der Waals surface area contributed by atoms with Gasteiger partial charge in [0.25, 0.3) is 0 Å². The molecule has 0 unspecified atom stereocenters. The highest BCUT2D eigenvalue weighted by Gasteiger charge is 2.47. The van der Waals surface area contributed by atoms with Crippen molar-refractivity contribution in [2.75, 3.05) is 7.11 Å². The SMILES string of the molecule is COc1ccc(O/C(=C\CCCC=CSc2ccccc2)CC[C@@H]2OC2(C)C)cc1. The smallest absolute Gasteiger partial charge is 0.127 e. The van der Waals surface area contributed by atoms with Crippen molar-refractivity contribution in [2.45, 2.75) is 62.6 Å². The van der Waals surface area contributed by atoms with Crippen LogP contribution in [-0.4, -0.2) is 18.8 Å². The van der Waals surface area contributed by atoms with Crippen molar-refractivity contribution >= 4 is 11.8 Å². The first-order chi connectivity index (χ1) is 14.6. The summed E-state index contributed by atoms with van der Waals surface area (Å²) >= 11 is 1.76. The molecular formula is C26H32O3S. The molecule has 0 aliphatic carbocycles. The molecule has 1 aliphatic rings. The maximum atomic E-state index is 6.17. The number of hydrogen-bond donors (Lipinski definition) is 0. The van der Waals surface area contributed by atoms with Gasteiger partial charge in [-0.15, -0.1) is 0 Å². The fourth-order valence-electron chi connectivity index (χ4n) is 3.19. The summed E-state index contributed by atoms with van der Waals surface area (Å²) in [5.41, 5.74) is 0.0203. The Morgan fingerprint density at radius 2 is 1.73 bits per heavy atom. The summed E-state index contributed by atoms with van der Waals surface area (Å²) in [7, 11) is 1.67. The average Bonchev–Trinajstić information content (AvgIpc) is 3.38. The zero-order valence-corrected chi connectivity index (χ0v) is 19.0. The normalized spacial score (nSPS) is 17.8. The number of rotatable bonds is 12. The summed E-state index contributed by atoms with van der Waals surface area (Å²) < 4.78 is 17.1.